The van der Waals surface area contributed by atoms with Crippen molar-refractivity contribution in [2.75, 3.05) is 12.9 Å². The highest BCUT2D eigenvalue weighted by Gasteiger charge is 2.23. The molecule has 1 aromatic rings. The molecule has 0 aliphatic carbocycles. The van der Waals surface area contributed by atoms with Crippen molar-refractivity contribution in [2.45, 2.75) is 31.4 Å². The number of ether oxygens (including phenoxy) is 1. The molecule has 0 spiro atoms. The highest BCUT2D eigenvalue weighted by atomic mass is 32.2. The molecule has 2 rings (SSSR count). The van der Waals surface area contributed by atoms with E-state index in [1.54, 1.807) is 7.11 Å². The Labute approximate surface area is 134 Å². The number of carbonyl (C=O) groups is 2. The molecule has 0 saturated carbocycles. The van der Waals surface area contributed by atoms with Gasteiger partial charge in [-0.3, -0.25) is 14.9 Å². The van der Waals surface area contributed by atoms with Gasteiger partial charge >= 0.3 is 0 Å². The van der Waals surface area contributed by atoms with Crippen LogP contribution in [0.3, 0.4) is 0 Å². The van der Waals surface area contributed by atoms with Crippen molar-refractivity contribution in [3.63, 3.8) is 0 Å². The zero-order valence-corrected chi connectivity index (χ0v) is 13.5. The molecular formula is C15H21N3O3S. The predicted molar refractivity (Wildman–Crippen MR) is 86.4 cm³/mol. The largest absolute Gasteiger partial charge is 0.497 e. The number of carbonyl (C=O) groups excluding carboxylic acids is 2. The fourth-order valence-corrected chi connectivity index (χ4v) is 3.05. The van der Waals surface area contributed by atoms with Crippen LogP contribution in [-0.2, 0) is 16.1 Å². The molecule has 3 N–H and O–H groups in total. The van der Waals surface area contributed by atoms with Crippen molar-refractivity contribution >= 4 is 23.6 Å². The van der Waals surface area contributed by atoms with E-state index in [9.17, 15) is 9.59 Å². The summed E-state index contributed by atoms with van der Waals surface area (Å²) in [5.74, 6) is 1.04. The Balaban J connectivity index is 1.70. The molecular weight excluding hydrogens is 302 g/mol. The Morgan fingerprint density at radius 3 is 2.77 bits per heavy atom. The van der Waals surface area contributed by atoms with Crippen LogP contribution in [0.4, 0.5) is 0 Å². The third-order valence-corrected chi connectivity index (χ3v) is 4.27. The molecule has 1 aromatic carbocycles. The molecule has 2 amide bonds. The SMILES string of the molecule is COc1ccc(CNC(=O)CSC2NC(=O)CC(C)N2)cc1. The van der Waals surface area contributed by atoms with Crippen LogP contribution in [0.15, 0.2) is 24.3 Å². The highest BCUT2D eigenvalue weighted by molar-refractivity contribution is 8.00. The van der Waals surface area contributed by atoms with Crippen LogP contribution in [0.1, 0.15) is 18.9 Å². The molecule has 1 aliphatic rings. The van der Waals surface area contributed by atoms with E-state index in [2.05, 4.69) is 16.0 Å². The van der Waals surface area contributed by atoms with Gasteiger partial charge in [-0.2, -0.15) is 0 Å². The van der Waals surface area contributed by atoms with Crippen LogP contribution < -0.4 is 20.7 Å². The van der Waals surface area contributed by atoms with Gasteiger partial charge in [-0.25, -0.2) is 0 Å². The van der Waals surface area contributed by atoms with Crippen molar-refractivity contribution in [3.8, 4) is 5.75 Å². The van der Waals surface area contributed by atoms with E-state index < -0.39 is 0 Å². The van der Waals surface area contributed by atoms with Crippen LogP contribution in [-0.4, -0.2) is 36.2 Å². The second-order valence-corrected chi connectivity index (χ2v) is 6.25. The molecule has 0 radical (unpaired) electrons. The first-order valence-electron chi connectivity index (χ1n) is 7.13. The van der Waals surface area contributed by atoms with Gasteiger partial charge in [0.1, 0.15) is 11.2 Å². The average Bonchev–Trinajstić information content (AvgIpc) is 2.50. The van der Waals surface area contributed by atoms with Crippen molar-refractivity contribution < 1.29 is 14.3 Å². The molecule has 1 aliphatic heterocycles. The minimum absolute atomic E-state index is 0.0161. The number of hydrogen-bond donors (Lipinski definition) is 3. The lowest BCUT2D eigenvalue weighted by Crippen LogP contribution is -2.54. The highest BCUT2D eigenvalue weighted by Crippen LogP contribution is 2.13. The molecule has 120 valence electrons. The zero-order valence-electron chi connectivity index (χ0n) is 12.7. The van der Waals surface area contributed by atoms with Crippen molar-refractivity contribution in [3.05, 3.63) is 29.8 Å². The van der Waals surface area contributed by atoms with E-state index in [0.717, 1.165) is 11.3 Å². The summed E-state index contributed by atoms with van der Waals surface area (Å²) in [6, 6.07) is 7.68. The maximum atomic E-state index is 11.8. The predicted octanol–water partition coefficient (Wildman–Crippen LogP) is 0.826. The van der Waals surface area contributed by atoms with Crippen molar-refractivity contribution in [2.24, 2.45) is 0 Å². The Morgan fingerprint density at radius 2 is 2.14 bits per heavy atom. The van der Waals surface area contributed by atoms with E-state index in [1.807, 2.05) is 31.2 Å². The number of methoxy groups -OCH3 is 1. The van der Waals surface area contributed by atoms with E-state index in [1.165, 1.54) is 11.8 Å². The number of amides is 2. The van der Waals surface area contributed by atoms with Crippen molar-refractivity contribution in [1.82, 2.24) is 16.0 Å². The van der Waals surface area contributed by atoms with Gasteiger partial charge in [0.25, 0.3) is 0 Å². The molecule has 2 unspecified atom stereocenters. The first-order valence-corrected chi connectivity index (χ1v) is 8.18. The third kappa shape index (κ3) is 5.23. The van der Waals surface area contributed by atoms with E-state index in [0.29, 0.717) is 18.7 Å². The molecule has 0 aromatic heterocycles. The van der Waals surface area contributed by atoms with Gasteiger partial charge in [0.2, 0.25) is 11.8 Å². The number of rotatable bonds is 6. The normalized spacial score (nSPS) is 21.1. The van der Waals surface area contributed by atoms with Crippen LogP contribution >= 0.6 is 11.8 Å². The molecule has 1 heterocycles. The van der Waals surface area contributed by atoms with Gasteiger partial charge in [-0.1, -0.05) is 12.1 Å². The van der Waals surface area contributed by atoms with Crippen molar-refractivity contribution in [1.29, 1.82) is 0 Å². The monoisotopic (exact) mass is 323 g/mol. The number of nitrogens with one attached hydrogen (secondary N) is 3. The second-order valence-electron chi connectivity index (χ2n) is 5.16. The fraction of sp³-hybridized carbons (Fsp3) is 0.467. The van der Waals surface area contributed by atoms with E-state index in [-0.39, 0.29) is 23.4 Å². The van der Waals surface area contributed by atoms with Gasteiger partial charge in [0.15, 0.2) is 0 Å². The lowest BCUT2D eigenvalue weighted by Gasteiger charge is -2.28. The average molecular weight is 323 g/mol. The van der Waals surface area contributed by atoms with Gasteiger partial charge in [0, 0.05) is 19.0 Å². The first kappa shape index (κ1) is 16.6. The topological polar surface area (TPSA) is 79.5 Å². The summed E-state index contributed by atoms with van der Waals surface area (Å²) >= 11 is 1.38. The Morgan fingerprint density at radius 1 is 1.41 bits per heavy atom. The van der Waals surface area contributed by atoms with E-state index >= 15 is 0 Å². The number of benzene rings is 1. The lowest BCUT2D eigenvalue weighted by molar-refractivity contribution is -0.123. The first-order chi connectivity index (χ1) is 10.6. The molecule has 1 fully saturated rings. The Kier molecular flexibility index (Phi) is 6.09. The summed E-state index contributed by atoms with van der Waals surface area (Å²) in [5.41, 5.74) is 0.805. The third-order valence-electron chi connectivity index (χ3n) is 3.25. The van der Waals surface area contributed by atoms with Crippen LogP contribution in [0.25, 0.3) is 0 Å². The van der Waals surface area contributed by atoms with Crippen LogP contribution in [0.2, 0.25) is 0 Å². The fourth-order valence-electron chi connectivity index (χ4n) is 2.09. The standard InChI is InChI=1S/C15H21N3O3S/c1-10-7-13(19)18-15(17-10)22-9-14(20)16-8-11-3-5-12(21-2)6-4-11/h3-6,10,15,17H,7-9H2,1-2H3,(H,16,20)(H,18,19). The Hall–Kier alpha value is -1.73. The zero-order chi connectivity index (χ0) is 15.9. The molecule has 0 bridgehead atoms. The molecule has 1 saturated heterocycles. The smallest absolute Gasteiger partial charge is 0.230 e. The maximum Gasteiger partial charge on any atom is 0.230 e. The number of hydrogen-bond acceptors (Lipinski definition) is 5. The lowest BCUT2D eigenvalue weighted by atomic mass is 10.2. The summed E-state index contributed by atoms with van der Waals surface area (Å²) < 4.78 is 5.09. The molecule has 22 heavy (non-hydrogen) atoms. The van der Waals surface area contributed by atoms with Gasteiger partial charge in [-0.05, 0) is 24.6 Å². The number of thioether (sulfide) groups is 1. The second kappa shape index (κ2) is 8.05. The minimum atomic E-state index is -0.206. The summed E-state index contributed by atoms with van der Waals surface area (Å²) in [6.07, 6.45) is 0.473. The Bertz CT molecular complexity index is 521. The quantitative estimate of drug-likeness (QED) is 0.722. The summed E-state index contributed by atoms with van der Waals surface area (Å²) in [5, 5.41) is 8.89. The van der Waals surface area contributed by atoms with Gasteiger partial charge < -0.3 is 15.4 Å². The van der Waals surface area contributed by atoms with Crippen LogP contribution in [0, 0.1) is 0 Å². The molecule has 7 heteroatoms. The van der Waals surface area contributed by atoms with E-state index in [4.69, 9.17) is 4.74 Å². The van der Waals surface area contributed by atoms with Gasteiger partial charge in [-0.15, -0.1) is 11.8 Å². The van der Waals surface area contributed by atoms with Crippen LogP contribution in [0.5, 0.6) is 5.75 Å². The summed E-state index contributed by atoms with van der Waals surface area (Å²) in [6.45, 7) is 2.43. The molecule has 6 nitrogen and oxygen atoms in total. The molecule has 2 atom stereocenters. The summed E-state index contributed by atoms with van der Waals surface area (Å²) in [4.78, 5) is 23.3. The maximum absolute atomic E-state index is 11.8. The minimum Gasteiger partial charge on any atom is -0.497 e. The van der Waals surface area contributed by atoms with Gasteiger partial charge in [0.05, 0.1) is 12.9 Å². The summed E-state index contributed by atoms with van der Waals surface area (Å²) in [7, 11) is 1.62.